The summed E-state index contributed by atoms with van der Waals surface area (Å²) >= 11 is 0. The van der Waals surface area contributed by atoms with E-state index in [2.05, 4.69) is 20.2 Å². The van der Waals surface area contributed by atoms with Crippen molar-refractivity contribution in [2.45, 2.75) is 26.2 Å². The second-order valence-corrected chi connectivity index (χ2v) is 5.70. The van der Waals surface area contributed by atoms with E-state index in [9.17, 15) is 4.79 Å². The van der Waals surface area contributed by atoms with Gasteiger partial charge in [0.15, 0.2) is 0 Å². The number of ether oxygens (including phenoxy) is 1. The summed E-state index contributed by atoms with van der Waals surface area (Å²) in [6, 6.07) is 8.93. The lowest BCUT2D eigenvalue weighted by Gasteiger charge is -2.26. The Kier molecular flexibility index (Phi) is 5.25. The average Bonchev–Trinajstić information content (AvgIpc) is 2.64. The third kappa shape index (κ3) is 4.01. The summed E-state index contributed by atoms with van der Waals surface area (Å²) < 4.78 is 5.39. The van der Waals surface area contributed by atoms with Crippen LogP contribution in [0.1, 0.15) is 36.7 Å². The molecule has 24 heavy (non-hydrogen) atoms. The maximum absolute atomic E-state index is 12.4. The van der Waals surface area contributed by atoms with Crippen LogP contribution in [0.25, 0.3) is 0 Å². The summed E-state index contributed by atoms with van der Waals surface area (Å²) in [5.41, 5.74) is 1.08. The molecule has 1 aliphatic rings. The lowest BCUT2D eigenvalue weighted by Crippen LogP contribution is -2.31. The van der Waals surface area contributed by atoms with Crippen molar-refractivity contribution in [3.8, 4) is 5.75 Å². The Bertz CT molecular complexity index is 682. The molecule has 0 atom stereocenters. The Morgan fingerprint density at radius 2 is 1.92 bits per heavy atom. The number of nitrogens with one attached hydrogen (secondary N) is 1. The number of rotatable bonds is 5. The maximum atomic E-state index is 12.4. The van der Waals surface area contributed by atoms with Gasteiger partial charge in [-0.3, -0.25) is 4.79 Å². The Hall–Kier alpha value is -2.63. The van der Waals surface area contributed by atoms with Crippen LogP contribution in [-0.2, 0) is 0 Å². The van der Waals surface area contributed by atoms with Gasteiger partial charge in [0.2, 0.25) is 5.95 Å². The largest absolute Gasteiger partial charge is 0.494 e. The summed E-state index contributed by atoms with van der Waals surface area (Å²) in [5, 5.41) is 2.85. The van der Waals surface area contributed by atoms with Crippen LogP contribution in [-0.4, -0.2) is 35.6 Å². The van der Waals surface area contributed by atoms with Gasteiger partial charge in [0, 0.05) is 25.0 Å². The molecule has 1 fully saturated rings. The molecule has 0 bridgehead atoms. The van der Waals surface area contributed by atoms with Crippen molar-refractivity contribution in [1.29, 1.82) is 0 Å². The molecular formula is C18H22N4O2. The number of piperidine rings is 1. The van der Waals surface area contributed by atoms with Crippen molar-refractivity contribution >= 4 is 17.5 Å². The fraction of sp³-hybridized carbons (Fsp3) is 0.389. The molecule has 2 aromatic rings. The predicted molar refractivity (Wildman–Crippen MR) is 93.7 cm³/mol. The van der Waals surface area contributed by atoms with Crippen LogP contribution in [0.15, 0.2) is 36.5 Å². The summed E-state index contributed by atoms with van der Waals surface area (Å²) in [6.07, 6.45) is 5.18. The highest BCUT2D eigenvalue weighted by molar-refractivity contribution is 6.03. The highest BCUT2D eigenvalue weighted by atomic mass is 16.5. The number of carbonyl (C=O) groups excluding carboxylic acids is 1. The van der Waals surface area contributed by atoms with Crippen LogP contribution >= 0.6 is 0 Å². The van der Waals surface area contributed by atoms with Crippen molar-refractivity contribution in [2.75, 3.05) is 29.9 Å². The first-order valence-electron chi connectivity index (χ1n) is 8.38. The second-order valence-electron chi connectivity index (χ2n) is 5.70. The van der Waals surface area contributed by atoms with Gasteiger partial charge in [-0.1, -0.05) is 0 Å². The van der Waals surface area contributed by atoms with Crippen molar-refractivity contribution in [1.82, 2.24) is 9.97 Å². The van der Waals surface area contributed by atoms with Crippen LogP contribution in [0.4, 0.5) is 11.6 Å². The third-order valence-corrected chi connectivity index (χ3v) is 3.94. The summed E-state index contributed by atoms with van der Waals surface area (Å²) in [6.45, 7) is 4.45. The van der Waals surface area contributed by atoms with E-state index in [1.165, 1.54) is 6.42 Å². The first kappa shape index (κ1) is 16.2. The van der Waals surface area contributed by atoms with E-state index in [0.717, 1.165) is 31.7 Å². The van der Waals surface area contributed by atoms with Crippen LogP contribution < -0.4 is 15.0 Å². The molecule has 0 unspecified atom stereocenters. The second kappa shape index (κ2) is 7.77. The van der Waals surface area contributed by atoms with E-state index in [1.54, 1.807) is 12.3 Å². The smallest absolute Gasteiger partial charge is 0.274 e. The van der Waals surface area contributed by atoms with Gasteiger partial charge in [0.1, 0.15) is 11.4 Å². The number of benzene rings is 1. The summed E-state index contributed by atoms with van der Waals surface area (Å²) in [5.74, 6) is 1.18. The number of anilines is 2. The molecule has 1 amide bonds. The number of nitrogens with zero attached hydrogens (tertiary/aromatic N) is 3. The van der Waals surface area contributed by atoms with E-state index in [0.29, 0.717) is 23.9 Å². The third-order valence-electron chi connectivity index (χ3n) is 3.94. The van der Waals surface area contributed by atoms with Crippen LogP contribution in [0.2, 0.25) is 0 Å². The van der Waals surface area contributed by atoms with E-state index in [1.807, 2.05) is 31.2 Å². The topological polar surface area (TPSA) is 67.3 Å². The normalized spacial score (nSPS) is 14.3. The van der Waals surface area contributed by atoms with Crippen LogP contribution in [0.5, 0.6) is 5.75 Å². The monoisotopic (exact) mass is 326 g/mol. The van der Waals surface area contributed by atoms with E-state index in [-0.39, 0.29) is 5.91 Å². The fourth-order valence-corrected chi connectivity index (χ4v) is 2.72. The molecule has 1 saturated heterocycles. The molecule has 0 aliphatic carbocycles. The standard InChI is InChI=1S/C18H22N4O2/c1-2-24-15-8-6-14(7-9-15)20-17(23)16-10-11-19-18(21-16)22-12-4-3-5-13-22/h6-11H,2-5,12-13H2,1H3,(H,20,23). The van der Waals surface area contributed by atoms with Gasteiger partial charge in [0.25, 0.3) is 5.91 Å². The molecule has 2 heterocycles. The van der Waals surface area contributed by atoms with Crippen molar-refractivity contribution < 1.29 is 9.53 Å². The van der Waals surface area contributed by atoms with Gasteiger partial charge < -0.3 is 15.0 Å². The van der Waals surface area contributed by atoms with Crippen molar-refractivity contribution in [3.05, 3.63) is 42.2 Å². The summed E-state index contributed by atoms with van der Waals surface area (Å²) in [7, 11) is 0. The minimum Gasteiger partial charge on any atom is -0.494 e. The van der Waals surface area contributed by atoms with Gasteiger partial charge in [-0.15, -0.1) is 0 Å². The van der Waals surface area contributed by atoms with E-state index in [4.69, 9.17) is 4.74 Å². The lowest BCUT2D eigenvalue weighted by atomic mass is 10.1. The quantitative estimate of drug-likeness (QED) is 0.914. The summed E-state index contributed by atoms with van der Waals surface area (Å²) in [4.78, 5) is 23.3. The number of hydrogen-bond donors (Lipinski definition) is 1. The number of amides is 1. The van der Waals surface area contributed by atoms with E-state index >= 15 is 0 Å². The van der Waals surface area contributed by atoms with Gasteiger partial charge in [-0.2, -0.15) is 0 Å². The molecular weight excluding hydrogens is 304 g/mol. The van der Waals surface area contributed by atoms with Gasteiger partial charge in [0.05, 0.1) is 6.61 Å². The number of hydrogen-bond acceptors (Lipinski definition) is 5. The Balaban J connectivity index is 1.68. The molecule has 0 spiro atoms. The van der Waals surface area contributed by atoms with Crippen LogP contribution in [0, 0.1) is 0 Å². The van der Waals surface area contributed by atoms with E-state index < -0.39 is 0 Å². The van der Waals surface area contributed by atoms with Crippen LogP contribution in [0.3, 0.4) is 0 Å². The van der Waals surface area contributed by atoms with Gasteiger partial charge >= 0.3 is 0 Å². The highest BCUT2D eigenvalue weighted by Gasteiger charge is 2.16. The Morgan fingerprint density at radius 1 is 1.17 bits per heavy atom. The highest BCUT2D eigenvalue weighted by Crippen LogP contribution is 2.18. The SMILES string of the molecule is CCOc1ccc(NC(=O)c2ccnc(N3CCCCC3)n2)cc1. The van der Waals surface area contributed by atoms with Crippen molar-refractivity contribution in [3.63, 3.8) is 0 Å². The molecule has 1 aromatic carbocycles. The number of carbonyl (C=O) groups is 1. The number of aromatic nitrogens is 2. The zero-order chi connectivity index (χ0) is 16.8. The molecule has 1 aromatic heterocycles. The Labute approximate surface area is 141 Å². The minimum absolute atomic E-state index is 0.236. The minimum atomic E-state index is -0.236. The zero-order valence-corrected chi connectivity index (χ0v) is 13.9. The predicted octanol–water partition coefficient (Wildman–Crippen LogP) is 3.12. The fourth-order valence-electron chi connectivity index (χ4n) is 2.72. The average molecular weight is 326 g/mol. The van der Waals surface area contributed by atoms with Crippen molar-refractivity contribution in [2.24, 2.45) is 0 Å². The molecule has 6 heteroatoms. The maximum Gasteiger partial charge on any atom is 0.274 e. The molecule has 6 nitrogen and oxygen atoms in total. The molecule has 1 N–H and O–H groups in total. The van der Waals surface area contributed by atoms with Gasteiger partial charge in [-0.25, -0.2) is 9.97 Å². The molecule has 126 valence electrons. The molecule has 1 aliphatic heterocycles. The Morgan fingerprint density at radius 3 is 2.62 bits per heavy atom. The lowest BCUT2D eigenvalue weighted by molar-refractivity contribution is 0.102. The molecule has 0 saturated carbocycles. The zero-order valence-electron chi connectivity index (χ0n) is 13.9. The molecule has 0 radical (unpaired) electrons. The first-order chi connectivity index (χ1) is 11.8. The van der Waals surface area contributed by atoms with Gasteiger partial charge in [-0.05, 0) is 56.5 Å². The molecule has 3 rings (SSSR count). The first-order valence-corrected chi connectivity index (χ1v) is 8.38.